The van der Waals surface area contributed by atoms with E-state index in [9.17, 15) is 0 Å². The van der Waals surface area contributed by atoms with Crippen LogP contribution in [0, 0.1) is 46.5 Å². The number of allylic oxidation sites excluding steroid dienone is 8. The molecule has 0 atom stereocenters. The van der Waals surface area contributed by atoms with E-state index in [4.69, 9.17) is 9.47 Å². The van der Waals surface area contributed by atoms with E-state index in [1.54, 1.807) is 26.0 Å². The molecule has 0 fully saturated rings. The summed E-state index contributed by atoms with van der Waals surface area (Å²) in [4.78, 5) is 0. The minimum absolute atomic E-state index is 0.0746. The van der Waals surface area contributed by atoms with Gasteiger partial charge >= 0.3 is 250 Å². The number of benzene rings is 2. The van der Waals surface area contributed by atoms with E-state index in [0.29, 0.717) is 36.8 Å². The number of hydrogen-bond donors (Lipinski definition) is 0. The van der Waals surface area contributed by atoms with Gasteiger partial charge in [-0.25, -0.2) is 0 Å². The van der Waals surface area contributed by atoms with E-state index in [1.165, 1.54) is 26.0 Å². The molecule has 0 heterocycles. The molecule has 2 nitrogen and oxygen atoms in total. The van der Waals surface area contributed by atoms with Crippen molar-refractivity contribution in [1.82, 2.24) is 0 Å². The molecule has 2 aliphatic rings. The van der Waals surface area contributed by atoms with Gasteiger partial charge in [0, 0.05) is 0 Å². The Labute approximate surface area is 249 Å². The molecule has 0 spiro atoms. The standard InChI is InChI=1S/2C10H9F4O.2C6H7.Ti/c2*1-2-3-4-15-10-8(13)6(11)5-7(12)9(10)14;2*1-6-4-2-3-5-6;/h2*2-4H2,1H3;2*2,4H,3H2,1H3;. The van der Waals surface area contributed by atoms with Crippen LogP contribution in [0.5, 0.6) is 11.5 Å². The number of unbranched alkanes of at least 4 members (excludes halogenated alkanes) is 2. The zero-order valence-electron chi connectivity index (χ0n) is 24.3. The molecule has 2 aromatic carbocycles. The van der Waals surface area contributed by atoms with Crippen LogP contribution in [0.3, 0.4) is 0 Å². The van der Waals surface area contributed by atoms with E-state index >= 15 is 35.1 Å². The topological polar surface area (TPSA) is 18.5 Å². The molecule has 0 aromatic heterocycles. The molecule has 2 aromatic rings. The van der Waals surface area contributed by atoms with Gasteiger partial charge in [0.05, 0.1) is 0 Å². The summed E-state index contributed by atoms with van der Waals surface area (Å²) in [6.45, 7) is 6.04. The molecule has 0 aliphatic heterocycles. The van der Waals surface area contributed by atoms with Gasteiger partial charge in [0.1, 0.15) is 0 Å². The van der Waals surface area contributed by atoms with Gasteiger partial charge in [0.2, 0.25) is 0 Å². The second-order valence-corrected chi connectivity index (χ2v) is 16.4. The molecule has 232 valence electrons. The van der Waals surface area contributed by atoms with Crippen LogP contribution in [0.1, 0.15) is 66.2 Å². The summed E-state index contributed by atoms with van der Waals surface area (Å²) in [6, 6.07) is 0. The van der Waals surface area contributed by atoms with Gasteiger partial charge in [-0.2, -0.15) is 0 Å². The van der Waals surface area contributed by atoms with Gasteiger partial charge in [-0.05, 0) is 0 Å². The van der Waals surface area contributed by atoms with Crippen LogP contribution < -0.4 is 17.2 Å². The molecule has 0 saturated carbocycles. The van der Waals surface area contributed by atoms with E-state index in [-0.39, 0.29) is 33.8 Å². The molecule has 2 aliphatic carbocycles. The van der Waals surface area contributed by atoms with Gasteiger partial charge in [0.15, 0.2) is 0 Å². The molecule has 0 unspecified atom stereocenters. The number of rotatable bonds is 12. The third kappa shape index (κ3) is 5.50. The predicted octanol–water partition coefficient (Wildman–Crippen LogP) is 8.73. The fourth-order valence-corrected chi connectivity index (χ4v) is 14.8. The Morgan fingerprint density at radius 2 is 0.884 bits per heavy atom. The third-order valence-corrected chi connectivity index (χ3v) is 16.3. The summed E-state index contributed by atoms with van der Waals surface area (Å²) in [5.41, 5.74) is 0.635. The average molecular weight is 648 g/mol. The predicted molar refractivity (Wildman–Crippen MR) is 146 cm³/mol. The maximum absolute atomic E-state index is 16.3. The van der Waals surface area contributed by atoms with Crippen molar-refractivity contribution in [3.8, 4) is 11.5 Å². The van der Waals surface area contributed by atoms with Crippen molar-refractivity contribution in [2.45, 2.75) is 66.2 Å². The van der Waals surface area contributed by atoms with Gasteiger partial charge in [-0.15, -0.1) is 0 Å². The van der Waals surface area contributed by atoms with Crippen LogP contribution in [0.15, 0.2) is 43.2 Å². The Morgan fingerprint density at radius 3 is 1.14 bits per heavy atom. The summed E-state index contributed by atoms with van der Waals surface area (Å²) in [6.07, 6.45) is 7.69. The first-order valence-electron chi connectivity index (χ1n) is 14.2. The monoisotopic (exact) mass is 648 g/mol. The Balaban J connectivity index is 2.20. The molecule has 11 heteroatoms. The van der Waals surface area contributed by atoms with Crippen LogP contribution in [-0.2, 0) is 16.6 Å². The molecule has 4 rings (SSSR count). The van der Waals surface area contributed by atoms with Gasteiger partial charge in [0.25, 0.3) is 0 Å². The van der Waals surface area contributed by atoms with E-state index in [1.807, 2.05) is 0 Å². The van der Waals surface area contributed by atoms with Gasteiger partial charge in [-0.1, -0.05) is 0 Å². The third-order valence-electron chi connectivity index (χ3n) is 7.92. The summed E-state index contributed by atoms with van der Waals surface area (Å²) in [7, 11) is 0. The Bertz CT molecular complexity index is 1380. The molecule has 0 amide bonds. The summed E-state index contributed by atoms with van der Waals surface area (Å²) < 4.78 is 136. The van der Waals surface area contributed by atoms with E-state index in [2.05, 4.69) is 0 Å². The van der Waals surface area contributed by atoms with Crippen LogP contribution in [-0.4, -0.2) is 13.2 Å². The van der Waals surface area contributed by atoms with E-state index in [0.717, 1.165) is 0 Å². The second-order valence-electron chi connectivity index (χ2n) is 10.6. The average Bonchev–Trinajstić information content (AvgIpc) is 3.62. The zero-order valence-corrected chi connectivity index (χ0v) is 25.9. The van der Waals surface area contributed by atoms with Crippen LogP contribution >= 0.6 is 0 Å². The molecule has 0 bridgehead atoms. The summed E-state index contributed by atoms with van der Waals surface area (Å²) in [5, 5.41) is 0. The first-order chi connectivity index (χ1) is 20.5. The Kier molecular flexibility index (Phi) is 10.3. The van der Waals surface area contributed by atoms with Crippen LogP contribution in [0.4, 0.5) is 35.1 Å². The number of ether oxygens (including phenoxy) is 2. The minimum atomic E-state index is -5.98. The van der Waals surface area contributed by atoms with Crippen molar-refractivity contribution in [3.05, 3.63) is 89.7 Å². The second kappa shape index (κ2) is 13.4. The molecule has 43 heavy (non-hydrogen) atoms. The normalized spacial score (nSPS) is 15.0. The van der Waals surface area contributed by atoms with Crippen molar-refractivity contribution in [1.29, 1.82) is 0 Å². The number of hydrogen-bond acceptors (Lipinski definition) is 2. The van der Waals surface area contributed by atoms with E-state index < -0.39 is 82.4 Å². The van der Waals surface area contributed by atoms with Crippen molar-refractivity contribution in [3.63, 3.8) is 0 Å². The van der Waals surface area contributed by atoms with Gasteiger partial charge < -0.3 is 0 Å². The Morgan fingerprint density at radius 1 is 0.558 bits per heavy atom. The Hall–Kier alpha value is -2.85. The molecular weight excluding hydrogens is 616 g/mol. The van der Waals surface area contributed by atoms with Crippen LogP contribution in [0.2, 0.25) is 0 Å². The zero-order chi connectivity index (χ0) is 31.6. The van der Waals surface area contributed by atoms with Crippen molar-refractivity contribution >= 4 is 7.74 Å². The van der Waals surface area contributed by atoms with Crippen LogP contribution in [0.25, 0.3) is 0 Å². The molecular formula is C32H32F8O2Ti. The first-order valence-corrected chi connectivity index (χ1v) is 17.3. The quantitative estimate of drug-likeness (QED) is 0.0993. The van der Waals surface area contributed by atoms with Crippen molar-refractivity contribution < 1.29 is 61.2 Å². The SMILES string of the molecule is CCCCOc1c(F)c(F)[c]([Ti]([C]2=C(C)C=CC2)([C]2=C(C)C=CC2)[c]2c(F)c(F)c(OCCCC)c(F)c2F)c(F)c1F. The molecule has 0 N–H and O–H groups in total. The first kappa shape index (κ1) is 33.1. The summed E-state index contributed by atoms with van der Waals surface area (Å²) >= 11 is -5.98. The number of halogens is 8. The van der Waals surface area contributed by atoms with Gasteiger partial charge in [-0.3, -0.25) is 0 Å². The fourth-order valence-electron chi connectivity index (χ4n) is 5.81. The van der Waals surface area contributed by atoms with Crippen molar-refractivity contribution in [2.75, 3.05) is 13.2 Å². The fraction of sp³-hybridized carbons (Fsp3) is 0.375. The molecule has 0 saturated heterocycles. The maximum atomic E-state index is 16.3. The molecule has 0 radical (unpaired) electrons. The summed E-state index contributed by atoms with van der Waals surface area (Å²) in [5.74, 6) is -17.9. The van der Waals surface area contributed by atoms with Crippen molar-refractivity contribution in [2.24, 2.45) is 0 Å².